The van der Waals surface area contributed by atoms with Crippen LogP contribution < -0.4 is 15.4 Å². The molecule has 0 spiro atoms. The Labute approximate surface area is 172 Å². The average Bonchev–Trinajstić information content (AvgIpc) is 2.75. The number of hydrogen-bond donors (Lipinski definition) is 2. The van der Waals surface area contributed by atoms with Gasteiger partial charge in [0.05, 0.1) is 13.2 Å². The smallest absolute Gasteiger partial charge is 0.191 e. The number of nitrogens with one attached hydrogen (secondary N) is 2. The van der Waals surface area contributed by atoms with Crippen molar-refractivity contribution in [3.8, 4) is 5.75 Å². The quantitative estimate of drug-likeness (QED) is 0.570. The van der Waals surface area contributed by atoms with Crippen LogP contribution in [0.1, 0.15) is 35.6 Å². The van der Waals surface area contributed by atoms with E-state index in [9.17, 15) is 4.39 Å². The van der Waals surface area contributed by atoms with E-state index >= 15 is 0 Å². The number of aliphatic imine (C=N–C) groups is 1. The molecule has 6 heteroatoms. The van der Waals surface area contributed by atoms with Crippen LogP contribution in [0.2, 0.25) is 0 Å². The number of methoxy groups -OCH3 is 1. The largest absolute Gasteiger partial charge is 0.494 e. The third kappa shape index (κ3) is 5.70. The molecule has 2 N–H and O–H groups in total. The molecule has 0 aliphatic carbocycles. The van der Waals surface area contributed by atoms with Gasteiger partial charge in [-0.05, 0) is 43.0 Å². The molecule has 156 valence electrons. The number of guanidine groups is 1. The van der Waals surface area contributed by atoms with Crippen molar-refractivity contribution in [3.05, 3.63) is 65.0 Å². The van der Waals surface area contributed by atoms with E-state index in [0.29, 0.717) is 18.4 Å². The second-order valence-corrected chi connectivity index (χ2v) is 7.38. The van der Waals surface area contributed by atoms with Gasteiger partial charge >= 0.3 is 0 Å². The Kier molecular flexibility index (Phi) is 7.47. The van der Waals surface area contributed by atoms with Crippen LogP contribution in [0.3, 0.4) is 0 Å². The Balaban J connectivity index is 1.56. The number of nitrogens with zero attached hydrogens (tertiary/aromatic N) is 1. The first kappa shape index (κ1) is 21.1. The molecule has 3 rings (SSSR count). The lowest BCUT2D eigenvalue weighted by Gasteiger charge is -2.32. The summed E-state index contributed by atoms with van der Waals surface area (Å²) < 4.78 is 24.9. The van der Waals surface area contributed by atoms with Gasteiger partial charge in [-0.25, -0.2) is 4.39 Å². The van der Waals surface area contributed by atoms with Crippen LogP contribution >= 0.6 is 0 Å². The van der Waals surface area contributed by atoms with Gasteiger partial charge in [0.2, 0.25) is 0 Å². The minimum Gasteiger partial charge on any atom is -0.494 e. The zero-order valence-corrected chi connectivity index (χ0v) is 17.4. The first-order valence-corrected chi connectivity index (χ1v) is 10.1. The molecule has 2 atom stereocenters. The van der Waals surface area contributed by atoms with Gasteiger partial charge in [0.15, 0.2) is 17.5 Å². The van der Waals surface area contributed by atoms with Crippen LogP contribution in [0.15, 0.2) is 47.5 Å². The molecule has 2 aromatic rings. The molecule has 1 aliphatic rings. The van der Waals surface area contributed by atoms with E-state index in [1.54, 1.807) is 13.1 Å². The van der Waals surface area contributed by atoms with Crippen molar-refractivity contribution >= 4 is 5.96 Å². The molecule has 2 aromatic carbocycles. The number of aryl methyl sites for hydroxylation is 1. The predicted molar refractivity (Wildman–Crippen MR) is 114 cm³/mol. The molecule has 2 unspecified atom stereocenters. The Bertz CT molecular complexity index is 823. The highest BCUT2D eigenvalue weighted by Gasteiger charge is 2.27. The van der Waals surface area contributed by atoms with Crippen molar-refractivity contribution in [2.75, 3.05) is 27.3 Å². The SMILES string of the molecule is CN=C(NCc1ccc(OC)c(F)c1)NCC1CCCOC1c1ccc(C)cc1. The molecule has 0 aromatic heterocycles. The molecular weight excluding hydrogens is 369 g/mol. The highest BCUT2D eigenvalue weighted by atomic mass is 19.1. The monoisotopic (exact) mass is 399 g/mol. The maximum atomic E-state index is 13.9. The maximum Gasteiger partial charge on any atom is 0.191 e. The Morgan fingerprint density at radius 2 is 2.00 bits per heavy atom. The summed E-state index contributed by atoms with van der Waals surface area (Å²) in [5, 5.41) is 6.64. The topological polar surface area (TPSA) is 54.9 Å². The fraction of sp³-hybridized carbons (Fsp3) is 0.435. The van der Waals surface area contributed by atoms with Gasteiger partial charge in [0.25, 0.3) is 0 Å². The first-order chi connectivity index (χ1) is 14.1. The number of benzene rings is 2. The molecule has 1 saturated heterocycles. The highest BCUT2D eigenvalue weighted by Crippen LogP contribution is 2.33. The van der Waals surface area contributed by atoms with Crippen LogP contribution in [-0.2, 0) is 11.3 Å². The van der Waals surface area contributed by atoms with Crippen LogP contribution in [0.25, 0.3) is 0 Å². The Morgan fingerprint density at radius 3 is 2.69 bits per heavy atom. The van der Waals surface area contributed by atoms with Gasteiger partial charge in [0, 0.05) is 32.7 Å². The molecule has 29 heavy (non-hydrogen) atoms. The van der Waals surface area contributed by atoms with E-state index in [1.165, 1.54) is 24.3 Å². The molecule has 1 heterocycles. The second kappa shape index (κ2) is 10.3. The highest BCUT2D eigenvalue weighted by molar-refractivity contribution is 5.79. The summed E-state index contributed by atoms with van der Waals surface area (Å²) >= 11 is 0. The number of rotatable bonds is 6. The average molecular weight is 400 g/mol. The molecule has 0 amide bonds. The van der Waals surface area contributed by atoms with Crippen molar-refractivity contribution in [1.82, 2.24) is 10.6 Å². The summed E-state index contributed by atoms with van der Waals surface area (Å²) in [4.78, 5) is 4.29. The number of ether oxygens (including phenoxy) is 2. The molecule has 1 fully saturated rings. The van der Waals surface area contributed by atoms with E-state index in [-0.39, 0.29) is 17.7 Å². The van der Waals surface area contributed by atoms with Gasteiger partial charge in [-0.1, -0.05) is 35.9 Å². The van der Waals surface area contributed by atoms with E-state index in [1.807, 2.05) is 6.07 Å². The molecular formula is C23H30FN3O2. The molecule has 0 bridgehead atoms. The van der Waals surface area contributed by atoms with Crippen molar-refractivity contribution in [3.63, 3.8) is 0 Å². The van der Waals surface area contributed by atoms with Gasteiger partial charge < -0.3 is 20.1 Å². The van der Waals surface area contributed by atoms with Gasteiger partial charge in [-0.15, -0.1) is 0 Å². The van der Waals surface area contributed by atoms with E-state index in [4.69, 9.17) is 9.47 Å². The van der Waals surface area contributed by atoms with Crippen LogP contribution in [0, 0.1) is 18.7 Å². The fourth-order valence-electron chi connectivity index (χ4n) is 3.63. The van der Waals surface area contributed by atoms with Crippen LogP contribution in [0.5, 0.6) is 5.75 Å². The zero-order valence-electron chi connectivity index (χ0n) is 17.4. The zero-order chi connectivity index (χ0) is 20.6. The third-order valence-corrected chi connectivity index (χ3v) is 5.28. The van der Waals surface area contributed by atoms with E-state index in [0.717, 1.165) is 31.6 Å². The lowest BCUT2D eigenvalue weighted by Crippen LogP contribution is -2.41. The molecule has 5 nitrogen and oxygen atoms in total. The predicted octanol–water partition coefficient (Wildman–Crippen LogP) is 3.98. The second-order valence-electron chi connectivity index (χ2n) is 7.38. The van der Waals surface area contributed by atoms with Crippen molar-refractivity contribution in [2.45, 2.75) is 32.4 Å². The van der Waals surface area contributed by atoms with E-state index in [2.05, 4.69) is 46.8 Å². The minimum absolute atomic E-state index is 0.0886. The van der Waals surface area contributed by atoms with Gasteiger partial charge in [-0.2, -0.15) is 0 Å². The lowest BCUT2D eigenvalue weighted by molar-refractivity contribution is -0.0265. The standard InChI is InChI=1S/C23H30FN3O2/c1-16-6-9-18(10-7-16)22-19(5-4-12-29-22)15-27-23(25-2)26-14-17-8-11-21(28-3)20(24)13-17/h6-11,13,19,22H,4-5,12,14-15H2,1-3H3,(H2,25,26,27). The normalized spacial score (nSPS) is 19.7. The van der Waals surface area contributed by atoms with Gasteiger partial charge in [0.1, 0.15) is 0 Å². The molecule has 1 aliphatic heterocycles. The summed E-state index contributed by atoms with van der Waals surface area (Å²) in [6.45, 7) is 4.12. The van der Waals surface area contributed by atoms with E-state index < -0.39 is 0 Å². The van der Waals surface area contributed by atoms with Crippen LogP contribution in [0.4, 0.5) is 4.39 Å². The van der Waals surface area contributed by atoms with Crippen molar-refractivity contribution in [2.24, 2.45) is 10.9 Å². The fourth-order valence-corrected chi connectivity index (χ4v) is 3.63. The molecule has 0 radical (unpaired) electrons. The lowest BCUT2D eigenvalue weighted by atomic mass is 9.89. The summed E-state index contributed by atoms with van der Waals surface area (Å²) in [5.41, 5.74) is 3.29. The third-order valence-electron chi connectivity index (χ3n) is 5.28. The summed E-state index contributed by atoms with van der Waals surface area (Å²) in [7, 11) is 3.19. The van der Waals surface area contributed by atoms with Crippen LogP contribution in [-0.4, -0.2) is 33.3 Å². The summed E-state index contributed by atoms with van der Waals surface area (Å²) in [5.74, 6) is 0.934. The number of halogens is 1. The summed E-state index contributed by atoms with van der Waals surface area (Å²) in [6.07, 6.45) is 2.25. The van der Waals surface area contributed by atoms with Crippen molar-refractivity contribution < 1.29 is 13.9 Å². The Morgan fingerprint density at radius 1 is 1.21 bits per heavy atom. The number of hydrogen-bond acceptors (Lipinski definition) is 3. The van der Waals surface area contributed by atoms with Gasteiger partial charge in [-0.3, -0.25) is 4.99 Å². The maximum absolute atomic E-state index is 13.9. The molecule has 0 saturated carbocycles. The summed E-state index contributed by atoms with van der Waals surface area (Å²) in [6, 6.07) is 13.5. The Hall–Kier alpha value is -2.60. The first-order valence-electron chi connectivity index (χ1n) is 10.1. The van der Waals surface area contributed by atoms with Crippen molar-refractivity contribution in [1.29, 1.82) is 0 Å². The minimum atomic E-state index is -0.366.